The fourth-order valence-corrected chi connectivity index (χ4v) is 2.82. The molecule has 0 spiro atoms. The monoisotopic (exact) mass is 254 g/mol. The molecule has 0 aliphatic heterocycles. The summed E-state index contributed by atoms with van der Waals surface area (Å²) in [6.45, 7) is 0. The number of thiazole rings is 1. The number of terminal acetylenes is 1. The molecule has 0 aliphatic rings. The molecule has 1 aromatic heterocycles. The van der Waals surface area contributed by atoms with Crippen molar-refractivity contribution in [1.82, 2.24) is 4.98 Å². The number of nitrogens with zero attached hydrogens (tertiary/aromatic N) is 1. The Morgan fingerprint density at radius 1 is 1.50 bits per heavy atom. The normalized spacial score (nSPS) is 11.2. The molecule has 7 heteroatoms. The van der Waals surface area contributed by atoms with Crippen LogP contribution in [0.25, 0.3) is 10.2 Å². The first kappa shape index (κ1) is 10.9. The average Bonchev–Trinajstić information content (AvgIpc) is 2.60. The average molecular weight is 254 g/mol. The minimum absolute atomic E-state index is 0.125. The highest BCUT2D eigenvalue weighted by Crippen LogP contribution is 2.27. The Kier molecular flexibility index (Phi) is 2.55. The minimum Gasteiger partial charge on any atom is -0.408 e. The van der Waals surface area contributed by atoms with Crippen LogP contribution in [0, 0.1) is 12.5 Å². The van der Waals surface area contributed by atoms with E-state index in [0.717, 1.165) is 11.3 Å². The maximum Gasteiger partial charge on any atom is 0.265 e. The Bertz CT molecular complexity index is 682. The zero-order chi connectivity index (χ0) is 11.8. The lowest BCUT2D eigenvalue weighted by atomic mass is 10.3. The molecule has 1 heterocycles. The first-order valence-electron chi connectivity index (χ1n) is 4.06. The second-order valence-corrected chi connectivity index (χ2v) is 5.64. The van der Waals surface area contributed by atoms with E-state index >= 15 is 0 Å². The number of nitrogens with two attached hydrogens (primary N) is 1. The van der Waals surface area contributed by atoms with Crippen molar-refractivity contribution in [3.05, 3.63) is 18.2 Å². The van der Waals surface area contributed by atoms with E-state index in [4.69, 9.17) is 16.3 Å². The Morgan fingerprint density at radius 2 is 2.25 bits per heavy atom. The summed E-state index contributed by atoms with van der Waals surface area (Å²) >= 11 is 0.972. The molecule has 5 nitrogen and oxygen atoms in total. The van der Waals surface area contributed by atoms with Gasteiger partial charge in [0.05, 0.1) is 10.2 Å². The number of hydrogen-bond donors (Lipinski definition) is 1. The maximum absolute atomic E-state index is 11.1. The highest BCUT2D eigenvalue weighted by atomic mass is 32.2. The fraction of sp³-hybridized carbons (Fsp3) is 0. The van der Waals surface area contributed by atoms with Gasteiger partial charge in [0, 0.05) is 6.07 Å². The van der Waals surface area contributed by atoms with Crippen molar-refractivity contribution >= 4 is 31.6 Å². The van der Waals surface area contributed by atoms with Crippen molar-refractivity contribution in [3.63, 3.8) is 0 Å². The van der Waals surface area contributed by atoms with Gasteiger partial charge in [-0.1, -0.05) is 6.42 Å². The van der Waals surface area contributed by atoms with Crippen LogP contribution in [0.15, 0.2) is 22.5 Å². The van der Waals surface area contributed by atoms with Gasteiger partial charge in [0.2, 0.25) is 4.34 Å². The molecule has 2 aromatic rings. The standard InChI is InChI=1S/C9H6N2O3S2/c1-2-14-6-3-4-7-8(5-6)15-9(11-7)16(10,12)13/h1,3-5H,(H2,10,12,13). The van der Waals surface area contributed by atoms with Gasteiger partial charge < -0.3 is 4.74 Å². The molecule has 0 saturated heterocycles. The van der Waals surface area contributed by atoms with Gasteiger partial charge in [0.15, 0.2) is 0 Å². The molecule has 82 valence electrons. The Labute approximate surface area is 95.9 Å². The highest BCUT2D eigenvalue weighted by molar-refractivity contribution is 7.91. The van der Waals surface area contributed by atoms with Gasteiger partial charge in [-0.2, -0.15) is 0 Å². The van der Waals surface area contributed by atoms with Gasteiger partial charge in [-0.3, -0.25) is 0 Å². The second-order valence-electron chi connectivity index (χ2n) is 2.87. The van der Waals surface area contributed by atoms with Crippen LogP contribution in [0.4, 0.5) is 0 Å². The van der Waals surface area contributed by atoms with Crippen LogP contribution in [0.2, 0.25) is 0 Å². The van der Waals surface area contributed by atoms with Crippen LogP contribution in [0.5, 0.6) is 5.75 Å². The Morgan fingerprint density at radius 3 is 2.88 bits per heavy atom. The number of aromatic nitrogens is 1. The Hall–Kier alpha value is -1.62. The molecule has 0 fully saturated rings. The number of ether oxygens (including phenoxy) is 1. The van der Waals surface area contributed by atoms with E-state index in [0.29, 0.717) is 16.0 Å². The second kappa shape index (κ2) is 3.75. The minimum atomic E-state index is -3.76. The summed E-state index contributed by atoms with van der Waals surface area (Å²) < 4.78 is 27.5. The first-order valence-corrected chi connectivity index (χ1v) is 6.43. The summed E-state index contributed by atoms with van der Waals surface area (Å²) in [6, 6.07) is 4.84. The molecule has 0 unspecified atom stereocenters. The van der Waals surface area contributed by atoms with E-state index < -0.39 is 10.0 Å². The van der Waals surface area contributed by atoms with Gasteiger partial charge in [-0.05, 0) is 12.1 Å². The predicted octanol–water partition coefficient (Wildman–Crippen LogP) is 0.913. The van der Waals surface area contributed by atoms with Crippen molar-refractivity contribution in [1.29, 1.82) is 0 Å². The van der Waals surface area contributed by atoms with Crippen LogP contribution in [0.3, 0.4) is 0 Å². The van der Waals surface area contributed by atoms with E-state index in [9.17, 15) is 8.42 Å². The largest absolute Gasteiger partial charge is 0.408 e. The van der Waals surface area contributed by atoms with Gasteiger partial charge in [0.1, 0.15) is 11.9 Å². The van der Waals surface area contributed by atoms with Crippen molar-refractivity contribution in [2.75, 3.05) is 0 Å². The van der Waals surface area contributed by atoms with E-state index in [1.54, 1.807) is 18.2 Å². The zero-order valence-electron chi connectivity index (χ0n) is 7.88. The molecule has 0 atom stereocenters. The number of rotatable bonds is 2. The summed E-state index contributed by atoms with van der Waals surface area (Å²) in [5, 5.41) is 4.97. The lowest BCUT2D eigenvalue weighted by Gasteiger charge is -1.94. The molecule has 1 aromatic carbocycles. The molecule has 0 saturated carbocycles. The molecule has 0 bridgehead atoms. The van der Waals surface area contributed by atoms with Crippen LogP contribution in [-0.2, 0) is 10.0 Å². The molecule has 2 N–H and O–H groups in total. The molecular weight excluding hydrogens is 248 g/mol. The number of fused-ring (bicyclic) bond motifs is 1. The van der Waals surface area contributed by atoms with Crippen LogP contribution >= 0.6 is 11.3 Å². The molecule has 16 heavy (non-hydrogen) atoms. The summed E-state index contributed by atoms with van der Waals surface area (Å²) in [7, 11) is -3.76. The smallest absolute Gasteiger partial charge is 0.265 e. The van der Waals surface area contributed by atoms with E-state index in [-0.39, 0.29) is 4.34 Å². The van der Waals surface area contributed by atoms with Gasteiger partial charge in [-0.15, -0.1) is 11.3 Å². The maximum atomic E-state index is 11.1. The van der Waals surface area contributed by atoms with Crippen molar-refractivity contribution in [3.8, 4) is 18.3 Å². The van der Waals surface area contributed by atoms with Crippen molar-refractivity contribution in [2.45, 2.75) is 4.34 Å². The lowest BCUT2D eigenvalue weighted by Crippen LogP contribution is -2.11. The van der Waals surface area contributed by atoms with Crippen LogP contribution < -0.4 is 9.88 Å². The lowest BCUT2D eigenvalue weighted by molar-refractivity contribution is 0.522. The molecule has 2 rings (SSSR count). The van der Waals surface area contributed by atoms with Gasteiger partial charge in [-0.25, -0.2) is 18.5 Å². The quantitative estimate of drug-likeness (QED) is 0.808. The number of benzene rings is 1. The topological polar surface area (TPSA) is 82.3 Å². The summed E-state index contributed by atoms with van der Waals surface area (Å²) in [5.41, 5.74) is 0.540. The third-order valence-corrected chi connectivity index (χ3v) is 4.10. The molecular formula is C9H6N2O3S2. The van der Waals surface area contributed by atoms with Gasteiger partial charge in [0.25, 0.3) is 10.0 Å². The van der Waals surface area contributed by atoms with Crippen molar-refractivity contribution in [2.24, 2.45) is 5.14 Å². The zero-order valence-corrected chi connectivity index (χ0v) is 9.51. The molecule has 0 aliphatic carbocycles. The molecule has 0 amide bonds. The Balaban J connectivity index is 2.60. The third-order valence-electron chi connectivity index (χ3n) is 1.76. The third kappa shape index (κ3) is 1.99. The fourth-order valence-electron chi connectivity index (χ4n) is 1.14. The summed E-state index contributed by atoms with van der Waals surface area (Å²) in [4.78, 5) is 3.88. The summed E-state index contributed by atoms with van der Waals surface area (Å²) in [5.74, 6) is 0.458. The van der Waals surface area contributed by atoms with E-state index in [1.807, 2.05) is 6.11 Å². The van der Waals surface area contributed by atoms with Crippen molar-refractivity contribution < 1.29 is 13.2 Å². The SMILES string of the molecule is C#COc1ccc2nc(S(N)(=O)=O)sc2c1. The number of hydrogen-bond acceptors (Lipinski definition) is 5. The predicted molar refractivity (Wildman–Crippen MR) is 60.5 cm³/mol. The van der Waals surface area contributed by atoms with E-state index in [1.165, 1.54) is 0 Å². The van der Waals surface area contributed by atoms with Crippen LogP contribution in [0.1, 0.15) is 0 Å². The van der Waals surface area contributed by atoms with Crippen LogP contribution in [-0.4, -0.2) is 13.4 Å². The first-order chi connectivity index (χ1) is 7.50. The number of primary sulfonamides is 1. The van der Waals surface area contributed by atoms with Gasteiger partial charge >= 0.3 is 0 Å². The number of sulfonamides is 1. The summed E-state index contributed by atoms with van der Waals surface area (Å²) in [6.07, 6.45) is 7.01. The van der Waals surface area contributed by atoms with E-state index in [2.05, 4.69) is 4.98 Å². The highest BCUT2D eigenvalue weighted by Gasteiger charge is 2.14. The molecule has 0 radical (unpaired) electrons.